The maximum absolute atomic E-state index is 10.5. The molecule has 0 radical (unpaired) electrons. The summed E-state index contributed by atoms with van der Waals surface area (Å²) in [5, 5.41) is 8.65. The average molecular weight is 254 g/mol. The van der Waals surface area contributed by atoms with Crippen LogP contribution in [0.3, 0.4) is 0 Å². The number of carbonyl (C=O) groups is 1. The second-order valence-corrected chi connectivity index (χ2v) is 3.63. The van der Waals surface area contributed by atoms with Crippen LogP contribution in [0.25, 0.3) is 11.1 Å². The van der Waals surface area contributed by atoms with Crippen LogP contribution in [0.2, 0.25) is 0 Å². The van der Waals surface area contributed by atoms with E-state index in [1.54, 1.807) is 0 Å². The minimum absolute atomic E-state index is 0. The van der Waals surface area contributed by atoms with Gasteiger partial charge in [0.25, 0.3) is 0 Å². The Morgan fingerprint density at radius 1 is 0.941 bits per heavy atom. The normalized spacial score (nSPS) is 9.41. The summed E-state index contributed by atoms with van der Waals surface area (Å²) in [4.78, 5) is 10.5. The van der Waals surface area contributed by atoms with Crippen molar-refractivity contribution in [2.45, 2.75) is 6.42 Å². The molecule has 0 saturated heterocycles. The van der Waals surface area contributed by atoms with Gasteiger partial charge < -0.3 is 7.96 Å². The molecule has 0 aliphatic heterocycles. The van der Waals surface area contributed by atoms with Crippen LogP contribution >= 0.6 is 0 Å². The van der Waals surface area contributed by atoms with Crippen molar-refractivity contribution in [3.63, 3.8) is 0 Å². The van der Waals surface area contributed by atoms with Crippen LogP contribution in [0.5, 0.6) is 0 Å². The molecular weight excluding hydrogens is 240 g/mol. The maximum Gasteiger partial charge on any atom is 2.00 e. The summed E-state index contributed by atoms with van der Waals surface area (Å²) in [7, 11) is 0. The molecule has 2 nitrogen and oxygen atoms in total. The molecule has 3 heteroatoms. The van der Waals surface area contributed by atoms with E-state index in [2.05, 4.69) is 0 Å². The van der Waals surface area contributed by atoms with Crippen molar-refractivity contribution in [3.8, 4) is 11.1 Å². The molecule has 0 atom stereocenters. The molecule has 0 heterocycles. The van der Waals surface area contributed by atoms with E-state index in [-0.39, 0.29) is 47.0 Å². The Hall–Kier alpha value is -0.830. The Bertz CT molecular complexity index is 487. The van der Waals surface area contributed by atoms with E-state index in [1.165, 1.54) is 0 Å². The quantitative estimate of drug-likeness (QED) is 0.855. The molecule has 84 valence electrons. The summed E-state index contributed by atoms with van der Waals surface area (Å²) in [5.41, 5.74) is 3.08. The summed E-state index contributed by atoms with van der Waals surface area (Å²) >= 11 is 0. The monoisotopic (exact) mass is 254 g/mol. The fraction of sp³-hybridized carbons (Fsp3) is 0.0714. The average Bonchev–Trinajstić information content (AvgIpc) is 2.30. The molecule has 0 aromatic heterocycles. The second-order valence-electron chi connectivity index (χ2n) is 3.63. The van der Waals surface area contributed by atoms with Crippen molar-refractivity contribution < 1.29 is 12.8 Å². The first-order valence-corrected chi connectivity index (χ1v) is 5.12. The minimum Gasteiger partial charge on any atom is -1.00 e. The van der Waals surface area contributed by atoms with Gasteiger partial charge in [-0.25, -0.2) is 0 Å². The summed E-state index contributed by atoms with van der Waals surface area (Å²) < 4.78 is 0. The standard InChI is InChI=1S/C14H12O2.Ca.2H/c15-14(16)10-11-6-8-13(9-7-11)12-4-2-1-3-5-12;;;/h1-9H,10H2,(H,15,16);;;/q;+2;2*-1. The first kappa shape index (κ1) is 14.2. The maximum atomic E-state index is 10.5. The Balaban J connectivity index is 0. The first-order chi connectivity index (χ1) is 7.75. The largest absolute Gasteiger partial charge is 2.00 e. The fourth-order valence-electron chi connectivity index (χ4n) is 1.62. The predicted molar refractivity (Wildman–Crippen MR) is 71.2 cm³/mol. The van der Waals surface area contributed by atoms with Gasteiger partial charge in [-0.3, -0.25) is 4.79 Å². The Morgan fingerprint density at radius 3 is 2.00 bits per heavy atom. The zero-order valence-corrected chi connectivity index (χ0v) is 11.7. The number of hydrogen-bond donors (Lipinski definition) is 1. The Labute approximate surface area is 133 Å². The summed E-state index contributed by atoms with van der Waals surface area (Å²) in [6.07, 6.45) is 0.0784. The van der Waals surface area contributed by atoms with Crippen LogP contribution < -0.4 is 0 Å². The fourth-order valence-corrected chi connectivity index (χ4v) is 1.62. The molecule has 0 saturated carbocycles. The topological polar surface area (TPSA) is 37.3 Å². The molecule has 0 spiro atoms. The van der Waals surface area contributed by atoms with Gasteiger partial charge in [-0.2, -0.15) is 0 Å². The molecule has 17 heavy (non-hydrogen) atoms. The van der Waals surface area contributed by atoms with E-state index >= 15 is 0 Å². The van der Waals surface area contributed by atoms with E-state index in [0.29, 0.717) is 0 Å². The van der Waals surface area contributed by atoms with Gasteiger partial charge in [0, 0.05) is 0 Å². The van der Waals surface area contributed by atoms with Crippen LogP contribution in [0.4, 0.5) is 0 Å². The molecule has 2 aromatic carbocycles. The predicted octanol–water partition coefficient (Wildman–Crippen LogP) is 2.82. The molecule has 0 fully saturated rings. The van der Waals surface area contributed by atoms with E-state index in [4.69, 9.17) is 5.11 Å². The first-order valence-electron chi connectivity index (χ1n) is 5.12. The van der Waals surface area contributed by atoms with Crippen molar-refractivity contribution in [3.05, 3.63) is 60.2 Å². The van der Waals surface area contributed by atoms with Crippen LogP contribution in [0.1, 0.15) is 8.42 Å². The molecule has 0 unspecified atom stereocenters. The van der Waals surface area contributed by atoms with Crippen molar-refractivity contribution in [2.24, 2.45) is 0 Å². The molecule has 0 bridgehead atoms. The zero-order chi connectivity index (χ0) is 11.4. The third-order valence-electron chi connectivity index (χ3n) is 2.42. The third-order valence-corrected chi connectivity index (χ3v) is 2.42. The smallest absolute Gasteiger partial charge is 1.00 e. The molecule has 2 rings (SSSR count). The number of benzene rings is 2. The molecule has 0 aliphatic rings. The van der Waals surface area contributed by atoms with E-state index in [0.717, 1.165) is 16.7 Å². The van der Waals surface area contributed by atoms with Crippen LogP contribution in [-0.4, -0.2) is 48.8 Å². The number of carboxylic acid groups (broad SMARTS) is 1. The van der Waals surface area contributed by atoms with Gasteiger partial charge in [0.2, 0.25) is 0 Å². The summed E-state index contributed by atoms with van der Waals surface area (Å²) in [5.74, 6) is -0.799. The third kappa shape index (κ3) is 4.15. The number of aliphatic carboxylic acids is 1. The van der Waals surface area contributed by atoms with Gasteiger partial charge in [-0.1, -0.05) is 54.6 Å². The van der Waals surface area contributed by atoms with Gasteiger partial charge in [0.15, 0.2) is 0 Å². The van der Waals surface area contributed by atoms with Crippen LogP contribution in [0, 0.1) is 0 Å². The van der Waals surface area contributed by atoms with E-state index < -0.39 is 5.97 Å². The van der Waals surface area contributed by atoms with Gasteiger partial charge in [0.05, 0.1) is 6.42 Å². The number of hydrogen-bond acceptors (Lipinski definition) is 1. The number of carboxylic acids is 1. The van der Waals surface area contributed by atoms with E-state index in [9.17, 15) is 4.79 Å². The van der Waals surface area contributed by atoms with E-state index in [1.807, 2.05) is 54.6 Å². The van der Waals surface area contributed by atoms with Crippen molar-refractivity contribution in [1.82, 2.24) is 0 Å². The van der Waals surface area contributed by atoms with Gasteiger partial charge in [-0.05, 0) is 16.7 Å². The van der Waals surface area contributed by atoms with Gasteiger partial charge in [-0.15, -0.1) is 0 Å². The van der Waals surface area contributed by atoms with Crippen molar-refractivity contribution >= 4 is 43.7 Å². The minimum atomic E-state index is -0.799. The van der Waals surface area contributed by atoms with Gasteiger partial charge >= 0.3 is 43.7 Å². The molecule has 0 aliphatic carbocycles. The summed E-state index contributed by atoms with van der Waals surface area (Å²) in [6.45, 7) is 0. The molecule has 1 N–H and O–H groups in total. The van der Waals surface area contributed by atoms with Crippen LogP contribution in [0.15, 0.2) is 54.6 Å². The zero-order valence-electron chi connectivity index (χ0n) is 11.5. The Morgan fingerprint density at radius 2 is 1.47 bits per heavy atom. The van der Waals surface area contributed by atoms with Crippen molar-refractivity contribution in [1.29, 1.82) is 0 Å². The Kier molecular flexibility index (Phi) is 5.69. The number of rotatable bonds is 3. The van der Waals surface area contributed by atoms with Gasteiger partial charge in [0.1, 0.15) is 0 Å². The molecular formula is C14H14CaO2. The molecule has 2 aromatic rings. The SMILES string of the molecule is O=C(O)Cc1ccc(-c2ccccc2)cc1.[Ca+2].[H-].[H-]. The van der Waals surface area contributed by atoms with Crippen molar-refractivity contribution in [2.75, 3.05) is 0 Å². The summed E-state index contributed by atoms with van der Waals surface area (Å²) in [6, 6.07) is 17.6. The van der Waals surface area contributed by atoms with Crippen LogP contribution in [-0.2, 0) is 11.2 Å². The second kappa shape index (κ2) is 6.80. The molecule has 0 amide bonds.